The number of ketones is 1. The SMILES string of the molecule is O=C(COC(=O)C(Cc1c[nH]c2ccccc12)NC(=O)c1ccccc1Cl)c1ccccc1F. The van der Waals surface area contributed by atoms with Crippen LogP contribution in [0.15, 0.2) is 79.0 Å². The fourth-order valence-corrected chi connectivity index (χ4v) is 3.82. The van der Waals surface area contributed by atoms with Crippen molar-refractivity contribution in [2.24, 2.45) is 0 Å². The molecule has 2 N–H and O–H groups in total. The van der Waals surface area contributed by atoms with E-state index >= 15 is 0 Å². The standard InChI is InChI=1S/C26H20ClFN2O4/c27-20-10-4-1-8-18(20)25(32)30-23(13-16-14-29-22-12-6-3-7-17(16)22)26(33)34-15-24(31)19-9-2-5-11-21(19)28/h1-12,14,23,29H,13,15H2,(H,30,32). The van der Waals surface area contributed by atoms with Gasteiger partial charge in [-0.25, -0.2) is 9.18 Å². The number of amides is 1. The van der Waals surface area contributed by atoms with Gasteiger partial charge >= 0.3 is 5.97 Å². The molecule has 6 nitrogen and oxygen atoms in total. The van der Waals surface area contributed by atoms with E-state index in [2.05, 4.69) is 10.3 Å². The number of fused-ring (bicyclic) bond motifs is 1. The minimum Gasteiger partial charge on any atom is -0.456 e. The molecule has 34 heavy (non-hydrogen) atoms. The number of aromatic amines is 1. The molecule has 4 rings (SSSR count). The molecule has 1 unspecified atom stereocenters. The van der Waals surface area contributed by atoms with Crippen molar-refractivity contribution < 1.29 is 23.5 Å². The smallest absolute Gasteiger partial charge is 0.329 e. The lowest BCUT2D eigenvalue weighted by molar-refractivity contribution is -0.144. The molecule has 3 aromatic carbocycles. The zero-order valence-electron chi connectivity index (χ0n) is 17.9. The van der Waals surface area contributed by atoms with Gasteiger partial charge in [0.05, 0.1) is 16.1 Å². The van der Waals surface area contributed by atoms with Crippen LogP contribution in [-0.2, 0) is 16.0 Å². The number of aromatic nitrogens is 1. The Morgan fingerprint density at radius 1 is 0.941 bits per heavy atom. The predicted molar refractivity (Wildman–Crippen MR) is 126 cm³/mol. The quantitative estimate of drug-likeness (QED) is 0.283. The van der Waals surface area contributed by atoms with Crippen LogP contribution in [0.25, 0.3) is 10.9 Å². The van der Waals surface area contributed by atoms with E-state index in [1.165, 1.54) is 24.3 Å². The second-order valence-electron chi connectivity index (χ2n) is 7.58. The fraction of sp³-hybridized carbons (Fsp3) is 0.115. The number of rotatable bonds is 8. The maximum atomic E-state index is 13.9. The summed E-state index contributed by atoms with van der Waals surface area (Å²) in [5.41, 5.74) is 1.67. The van der Waals surface area contributed by atoms with Gasteiger partial charge in [-0.05, 0) is 35.9 Å². The molecule has 0 saturated heterocycles. The normalized spacial score (nSPS) is 11.7. The third kappa shape index (κ3) is 5.15. The summed E-state index contributed by atoms with van der Waals surface area (Å²) in [5, 5.41) is 3.77. The lowest BCUT2D eigenvalue weighted by Gasteiger charge is -2.18. The van der Waals surface area contributed by atoms with Gasteiger partial charge < -0.3 is 15.0 Å². The topological polar surface area (TPSA) is 88.3 Å². The summed E-state index contributed by atoms with van der Waals surface area (Å²) in [6.45, 7) is -0.661. The molecular weight excluding hydrogens is 459 g/mol. The molecule has 8 heteroatoms. The van der Waals surface area contributed by atoms with Crippen molar-refractivity contribution in [2.75, 3.05) is 6.61 Å². The summed E-state index contributed by atoms with van der Waals surface area (Å²) in [4.78, 5) is 41.3. The Bertz CT molecular complexity index is 1370. The Balaban J connectivity index is 1.54. The number of nitrogens with one attached hydrogen (secondary N) is 2. The van der Waals surface area contributed by atoms with Crippen LogP contribution in [0, 0.1) is 5.82 Å². The highest BCUT2D eigenvalue weighted by Gasteiger charge is 2.26. The van der Waals surface area contributed by atoms with Crippen LogP contribution < -0.4 is 5.32 Å². The Hall–Kier alpha value is -3.97. The van der Waals surface area contributed by atoms with Gasteiger partial charge in [-0.15, -0.1) is 0 Å². The number of carbonyl (C=O) groups is 3. The Morgan fingerprint density at radius 3 is 2.38 bits per heavy atom. The molecule has 1 amide bonds. The first kappa shape index (κ1) is 23.2. The summed E-state index contributed by atoms with van der Waals surface area (Å²) in [7, 11) is 0. The van der Waals surface area contributed by atoms with E-state index in [4.69, 9.17) is 16.3 Å². The number of esters is 1. The van der Waals surface area contributed by atoms with Gasteiger partial charge in [0.2, 0.25) is 5.78 Å². The predicted octanol–water partition coefficient (Wildman–Crippen LogP) is 4.73. The first-order chi connectivity index (χ1) is 16.4. The van der Waals surface area contributed by atoms with Crippen molar-refractivity contribution >= 4 is 40.2 Å². The van der Waals surface area contributed by atoms with E-state index < -0.39 is 36.1 Å². The molecule has 1 heterocycles. The van der Waals surface area contributed by atoms with E-state index in [1.54, 1.807) is 24.4 Å². The van der Waals surface area contributed by atoms with Crippen LogP contribution in [0.2, 0.25) is 5.02 Å². The number of para-hydroxylation sites is 1. The second-order valence-corrected chi connectivity index (χ2v) is 7.99. The van der Waals surface area contributed by atoms with Gasteiger partial charge in [0.25, 0.3) is 5.91 Å². The molecule has 0 aliphatic carbocycles. The molecule has 0 aliphatic rings. The number of hydrogen-bond donors (Lipinski definition) is 2. The van der Waals surface area contributed by atoms with Gasteiger partial charge in [0, 0.05) is 23.5 Å². The Morgan fingerprint density at radius 2 is 1.62 bits per heavy atom. The van der Waals surface area contributed by atoms with Gasteiger partial charge in [-0.1, -0.05) is 54.1 Å². The Labute approximate surface area is 199 Å². The molecule has 172 valence electrons. The molecule has 0 saturated carbocycles. The molecular formula is C26H20ClFN2O4. The molecule has 4 aromatic rings. The number of halogens is 2. The summed E-state index contributed by atoms with van der Waals surface area (Å²) >= 11 is 6.13. The number of H-pyrrole nitrogens is 1. The molecule has 0 bridgehead atoms. The Kier molecular flexibility index (Phi) is 7.04. The highest BCUT2D eigenvalue weighted by Crippen LogP contribution is 2.20. The van der Waals surface area contributed by atoms with Crippen LogP contribution in [0.1, 0.15) is 26.3 Å². The van der Waals surface area contributed by atoms with Crippen LogP contribution in [0.3, 0.4) is 0 Å². The van der Waals surface area contributed by atoms with Crippen LogP contribution in [-0.4, -0.2) is 35.3 Å². The van der Waals surface area contributed by atoms with Gasteiger partial charge in [-0.3, -0.25) is 9.59 Å². The van der Waals surface area contributed by atoms with E-state index in [-0.39, 0.29) is 22.6 Å². The molecule has 0 fully saturated rings. The highest BCUT2D eigenvalue weighted by molar-refractivity contribution is 6.33. The lowest BCUT2D eigenvalue weighted by atomic mass is 10.0. The number of benzene rings is 3. The van der Waals surface area contributed by atoms with E-state index in [0.29, 0.717) is 0 Å². The van der Waals surface area contributed by atoms with Crippen molar-refractivity contribution in [3.05, 3.63) is 107 Å². The zero-order valence-corrected chi connectivity index (χ0v) is 18.6. The zero-order chi connectivity index (χ0) is 24.1. The fourth-order valence-electron chi connectivity index (χ4n) is 3.60. The third-order valence-corrected chi connectivity index (χ3v) is 5.66. The number of Topliss-reactive ketones (excluding diaryl/α,β-unsaturated/α-hetero) is 1. The lowest BCUT2D eigenvalue weighted by Crippen LogP contribution is -2.44. The van der Waals surface area contributed by atoms with Crippen molar-refractivity contribution in [1.29, 1.82) is 0 Å². The maximum absolute atomic E-state index is 13.9. The largest absolute Gasteiger partial charge is 0.456 e. The molecule has 1 atom stereocenters. The summed E-state index contributed by atoms with van der Waals surface area (Å²) in [5.74, 6) is -2.77. The maximum Gasteiger partial charge on any atom is 0.329 e. The third-order valence-electron chi connectivity index (χ3n) is 5.33. The average molecular weight is 479 g/mol. The molecule has 1 aromatic heterocycles. The van der Waals surface area contributed by atoms with Crippen LogP contribution in [0.4, 0.5) is 4.39 Å². The van der Waals surface area contributed by atoms with Gasteiger partial charge in [0.1, 0.15) is 11.9 Å². The van der Waals surface area contributed by atoms with Crippen LogP contribution >= 0.6 is 11.6 Å². The van der Waals surface area contributed by atoms with Gasteiger partial charge in [0.15, 0.2) is 6.61 Å². The van der Waals surface area contributed by atoms with Crippen molar-refractivity contribution in [2.45, 2.75) is 12.5 Å². The first-order valence-corrected chi connectivity index (χ1v) is 10.9. The van der Waals surface area contributed by atoms with Gasteiger partial charge in [-0.2, -0.15) is 0 Å². The summed E-state index contributed by atoms with van der Waals surface area (Å²) in [6, 6.07) is 18.3. The van der Waals surface area contributed by atoms with Crippen molar-refractivity contribution in [1.82, 2.24) is 10.3 Å². The van der Waals surface area contributed by atoms with E-state index in [1.807, 2.05) is 24.3 Å². The van der Waals surface area contributed by atoms with E-state index in [0.717, 1.165) is 22.5 Å². The molecule has 0 spiro atoms. The minimum atomic E-state index is -1.11. The number of hydrogen-bond acceptors (Lipinski definition) is 4. The van der Waals surface area contributed by atoms with E-state index in [9.17, 15) is 18.8 Å². The van der Waals surface area contributed by atoms with Crippen molar-refractivity contribution in [3.8, 4) is 0 Å². The summed E-state index contributed by atoms with van der Waals surface area (Å²) in [6.07, 6.45) is 1.85. The van der Waals surface area contributed by atoms with Crippen LogP contribution in [0.5, 0.6) is 0 Å². The number of carbonyl (C=O) groups excluding carboxylic acids is 3. The monoisotopic (exact) mass is 478 g/mol. The molecule has 0 radical (unpaired) electrons. The van der Waals surface area contributed by atoms with Crippen molar-refractivity contribution in [3.63, 3.8) is 0 Å². The average Bonchev–Trinajstić information content (AvgIpc) is 3.25. The second kappa shape index (κ2) is 10.3. The number of ether oxygens (including phenoxy) is 1. The minimum absolute atomic E-state index is 0.104. The first-order valence-electron chi connectivity index (χ1n) is 10.5. The highest BCUT2D eigenvalue weighted by atomic mass is 35.5. The molecule has 0 aliphatic heterocycles. The summed E-state index contributed by atoms with van der Waals surface area (Å²) < 4.78 is 19.1.